The zero-order chi connectivity index (χ0) is 14.7. The van der Waals surface area contributed by atoms with Crippen LogP contribution in [0.25, 0.3) is 0 Å². The molecule has 0 spiro atoms. The number of anilines is 1. The number of methoxy groups -OCH3 is 1. The van der Waals surface area contributed by atoms with Gasteiger partial charge in [-0.1, -0.05) is 0 Å². The Morgan fingerprint density at radius 2 is 2.10 bits per heavy atom. The second kappa shape index (κ2) is 5.70. The van der Waals surface area contributed by atoms with Crippen molar-refractivity contribution in [2.45, 2.75) is 6.92 Å². The lowest BCUT2D eigenvalue weighted by Gasteiger charge is -2.06. The Hall–Kier alpha value is -2.41. The molecule has 104 valence electrons. The van der Waals surface area contributed by atoms with Gasteiger partial charge in [0.2, 0.25) is 0 Å². The predicted molar refractivity (Wildman–Crippen MR) is 73.3 cm³/mol. The first kappa shape index (κ1) is 14.0. The third-order valence-electron chi connectivity index (χ3n) is 2.55. The number of aryl methyl sites for hydroxylation is 1. The Bertz CT molecular complexity index is 695. The number of hydrogen-bond donors (Lipinski definition) is 1. The molecule has 2 rings (SSSR count). The minimum absolute atomic E-state index is 0.186. The Balaban J connectivity index is 2.28. The molecule has 2 aromatic rings. The van der Waals surface area contributed by atoms with E-state index in [-0.39, 0.29) is 5.56 Å². The van der Waals surface area contributed by atoms with Crippen LogP contribution in [0.4, 0.5) is 5.69 Å². The van der Waals surface area contributed by atoms with Crippen molar-refractivity contribution in [3.05, 3.63) is 50.2 Å². The monoisotopic (exact) mass is 293 g/mol. The number of hydrogen-bond acceptors (Lipinski definition) is 6. The van der Waals surface area contributed by atoms with Gasteiger partial charge in [-0.05, 0) is 23.9 Å². The zero-order valence-electron chi connectivity index (χ0n) is 10.8. The summed E-state index contributed by atoms with van der Waals surface area (Å²) in [5, 5.41) is 4.36. The van der Waals surface area contributed by atoms with Crippen molar-refractivity contribution in [1.82, 2.24) is 0 Å². The molecule has 0 unspecified atom stereocenters. The fourth-order valence-electron chi connectivity index (χ4n) is 1.52. The van der Waals surface area contributed by atoms with Gasteiger partial charge in [-0.25, -0.2) is 9.59 Å². The summed E-state index contributed by atoms with van der Waals surface area (Å²) < 4.78 is 9.28. The van der Waals surface area contributed by atoms with E-state index in [1.54, 1.807) is 12.3 Å². The van der Waals surface area contributed by atoms with Crippen molar-refractivity contribution in [1.29, 1.82) is 0 Å². The number of carbonyl (C=O) groups is 2. The maximum absolute atomic E-state index is 12.0. The fraction of sp³-hybridized carbons (Fsp3) is 0.154. The van der Waals surface area contributed by atoms with E-state index in [4.69, 9.17) is 0 Å². The summed E-state index contributed by atoms with van der Waals surface area (Å²) in [4.78, 5) is 34.8. The van der Waals surface area contributed by atoms with Crippen LogP contribution in [0.1, 0.15) is 25.6 Å². The van der Waals surface area contributed by atoms with Gasteiger partial charge in [0, 0.05) is 6.07 Å². The van der Waals surface area contributed by atoms with Crippen molar-refractivity contribution in [2.75, 3.05) is 12.4 Å². The largest absolute Gasteiger partial charge is 0.465 e. The summed E-state index contributed by atoms with van der Waals surface area (Å²) in [6, 6.07) is 2.50. The van der Waals surface area contributed by atoms with Gasteiger partial charge < -0.3 is 14.5 Å². The number of amides is 1. The van der Waals surface area contributed by atoms with Crippen molar-refractivity contribution >= 4 is 28.9 Å². The topological polar surface area (TPSA) is 85.6 Å². The molecule has 0 fully saturated rings. The highest BCUT2D eigenvalue weighted by atomic mass is 32.1. The molecule has 1 amide bonds. The Kier molecular flexibility index (Phi) is 3.99. The molecule has 7 heteroatoms. The quantitative estimate of drug-likeness (QED) is 0.875. The van der Waals surface area contributed by atoms with Crippen molar-refractivity contribution in [2.24, 2.45) is 0 Å². The minimum atomic E-state index is -0.538. The van der Waals surface area contributed by atoms with Gasteiger partial charge in [-0.15, -0.1) is 11.3 Å². The van der Waals surface area contributed by atoms with Crippen molar-refractivity contribution < 1.29 is 18.7 Å². The molecule has 6 nitrogen and oxygen atoms in total. The first-order valence-electron chi connectivity index (χ1n) is 5.59. The molecule has 0 aliphatic carbocycles. The fourth-order valence-corrected chi connectivity index (χ4v) is 2.44. The molecule has 0 bridgehead atoms. The van der Waals surface area contributed by atoms with Crippen LogP contribution < -0.4 is 10.9 Å². The normalized spacial score (nSPS) is 10.1. The van der Waals surface area contributed by atoms with Gasteiger partial charge in [0.1, 0.15) is 11.1 Å². The molecule has 0 saturated heterocycles. The molecule has 0 saturated carbocycles. The van der Waals surface area contributed by atoms with Crippen LogP contribution in [0.15, 0.2) is 33.0 Å². The lowest BCUT2D eigenvalue weighted by Crippen LogP contribution is -2.15. The smallest absolute Gasteiger partial charge is 0.350 e. The van der Waals surface area contributed by atoms with Crippen molar-refractivity contribution in [3.8, 4) is 0 Å². The summed E-state index contributed by atoms with van der Waals surface area (Å²) >= 11 is 1.19. The average molecular weight is 293 g/mol. The van der Waals surface area contributed by atoms with Gasteiger partial charge >= 0.3 is 11.6 Å². The molecule has 2 aromatic heterocycles. The van der Waals surface area contributed by atoms with Crippen LogP contribution in [0, 0.1) is 6.92 Å². The van der Waals surface area contributed by atoms with Gasteiger partial charge in [-0.3, -0.25) is 4.79 Å². The Morgan fingerprint density at radius 1 is 1.35 bits per heavy atom. The molecule has 2 heterocycles. The van der Waals surface area contributed by atoms with Gasteiger partial charge in [-0.2, -0.15) is 0 Å². The third-order valence-corrected chi connectivity index (χ3v) is 3.63. The van der Waals surface area contributed by atoms with Gasteiger partial charge in [0.05, 0.1) is 18.4 Å². The highest BCUT2D eigenvalue weighted by Crippen LogP contribution is 2.28. The van der Waals surface area contributed by atoms with Crippen LogP contribution in [-0.4, -0.2) is 19.0 Å². The van der Waals surface area contributed by atoms with E-state index < -0.39 is 17.5 Å². The molecule has 0 aromatic carbocycles. The van der Waals surface area contributed by atoms with E-state index in [0.717, 1.165) is 17.9 Å². The molecule has 0 aliphatic heterocycles. The number of esters is 1. The summed E-state index contributed by atoms with van der Waals surface area (Å²) in [6.45, 7) is 1.77. The predicted octanol–water partition coefficient (Wildman–Crippen LogP) is 2.05. The third kappa shape index (κ3) is 2.77. The Morgan fingerprint density at radius 3 is 2.70 bits per heavy atom. The highest BCUT2D eigenvalue weighted by molar-refractivity contribution is 7.12. The van der Waals surface area contributed by atoms with Crippen LogP contribution in [0.2, 0.25) is 0 Å². The minimum Gasteiger partial charge on any atom is -0.465 e. The second-order valence-corrected chi connectivity index (χ2v) is 4.79. The Labute approximate surface area is 118 Å². The average Bonchev–Trinajstić information content (AvgIpc) is 2.80. The second-order valence-electron chi connectivity index (χ2n) is 3.91. The van der Waals surface area contributed by atoms with Crippen LogP contribution >= 0.6 is 11.3 Å². The lowest BCUT2D eigenvalue weighted by molar-refractivity contribution is 0.0607. The molecule has 0 radical (unpaired) electrons. The maximum atomic E-state index is 12.0. The lowest BCUT2D eigenvalue weighted by atomic mass is 10.2. The first-order chi connectivity index (χ1) is 9.52. The SMILES string of the molecule is COC(=O)c1scc(C)c1NC(=O)c1ccc(=O)oc1. The summed E-state index contributed by atoms with van der Waals surface area (Å²) in [5.41, 5.74) is 0.800. The van der Waals surface area contributed by atoms with E-state index in [1.165, 1.54) is 24.5 Å². The van der Waals surface area contributed by atoms with E-state index in [1.807, 2.05) is 0 Å². The number of nitrogens with one attached hydrogen (secondary N) is 1. The summed E-state index contributed by atoms with van der Waals surface area (Å²) in [7, 11) is 1.27. The zero-order valence-corrected chi connectivity index (χ0v) is 11.6. The van der Waals surface area contributed by atoms with E-state index >= 15 is 0 Å². The molecule has 0 atom stereocenters. The molecule has 0 aliphatic rings. The number of ether oxygens (including phenoxy) is 1. The van der Waals surface area contributed by atoms with Gasteiger partial charge in [0.15, 0.2) is 0 Å². The van der Waals surface area contributed by atoms with Crippen molar-refractivity contribution in [3.63, 3.8) is 0 Å². The first-order valence-corrected chi connectivity index (χ1v) is 6.47. The molecular formula is C13H11NO5S. The summed E-state index contributed by atoms with van der Waals surface area (Å²) in [6.07, 6.45) is 1.07. The van der Waals surface area contributed by atoms with E-state index in [2.05, 4.69) is 14.5 Å². The molecule has 1 N–H and O–H groups in total. The summed E-state index contributed by atoms with van der Waals surface area (Å²) in [5.74, 6) is -0.988. The van der Waals surface area contributed by atoms with E-state index in [0.29, 0.717) is 10.6 Å². The highest BCUT2D eigenvalue weighted by Gasteiger charge is 2.19. The standard InChI is InChI=1S/C13H11NO5S/c1-7-6-20-11(13(17)18-2)10(7)14-12(16)8-3-4-9(15)19-5-8/h3-6H,1-2H3,(H,14,16). The van der Waals surface area contributed by atoms with Crippen LogP contribution in [-0.2, 0) is 4.74 Å². The number of carbonyl (C=O) groups excluding carboxylic acids is 2. The van der Waals surface area contributed by atoms with Gasteiger partial charge in [0.25, 0.3) is 5.91 Å². The van der Waals surface area contributed by atoms with E-state index in [9.17, 15) is 14.4 Å². The number of rotatable bonds is 3. The maximum Gasteiger partial charge on any atom is 0.350 e. The number of thiophene rings is 1. The van der Waals surface area contributed by atoms with Crippen LogP contribution in [0.5, 0.6) is 0 Å². The van der Waals surface area contributed by atoms with Crippen LogP contribution in [0.3, 0.4) is 0 Å². The molecule has 20 heavy (non-hydrogen) atoms. The molecular weight excluding hydrogens is 282 g/mol.